The van der Waals surface area contributed by atoms with Gasteiger partial charge in [-0.3, -0.25) is 9.69 Å². The number of piperidine rings is 1. The van der Waals surface area contributed by atoms with Gasteiger partial charge in [-0.05, 0) is 37.8 Å². The highest BCUT2D eigenvalue weighted by Gasteiger charge is 2.44. The van der Waals surface area contributed by atoms with Crippen molar-refractivity contribution in [2.24, 2.45) is 0 Å². The van der Waals surface area contributed by atoms with E-state index in [-0.39, 0.29) is 17.4 Å². The molecule has 4 heteroatoms. The van der Waals surface area contributed by atoms with E-state index in [0.29, 0.717) is 13.1 Å². The maximum atomic E-state index is 12.1. The van der Waals surface area contributed by atoms with Gasteiger partial charge < -0.3 is 10.4 Å². The number of nitrogens with one attached hydrogen (secondary N) is 1. The minimum absolute atomic E-state index is 0.0753. The number of amides is 1. The number of aliphatic hydroxyl groups is 1. The quantitative estimate of drug-likeness (QED) is 0.858. The molecule has 2 aliphatic rings. The van der Waals surface area contributed by atoms with Gasteiger partial charge in [0.15, 0.2) is 0 Å². The SMILES string of the molecule is O=C(CN1CCC[C@@H](O)C1)NCC1(c2ccccc2)CC1. The smallest absolute Gasteiger partial charge is 0.234 e. The van der Waals surface area contributed by atoms with Crippen LogP contribution in [0.25, 0.3) is 0 Å². The molecule has 1 heterocycles. The Morgan fingerprint density at radius 3 is 2.76 bits per heavy atom. The Kier molecular flexibility index (Phi) is 4.27. The summed E-state index contributed by atoms with van der Waals surface area (Å²) >= 11 is 0. The molecule has 0 spiro atoms. The standard InChI is InChI=1S/C17H24N2O2/c20-15-7-4-10-19(11-15)12-16(21)18-13-17(8-9-17)14-5-2-1-3-6-14/h1-3,5-6,15,20H,4,7-13H2,(H,18,21)/t15-/m1/s1. The van der Waals surface area contributed by atoms with Gasteiger partial charge in [0.1, 0.15) is 0 Å². The first kappa shape index (κ1) is 14.5. The summed E-state index contributed by atoms with van der Waals surface area (Å²) in [5.41, 5.74) is 1.50. The lowest BCUT2D eigenvalue weighted by Gasteiger charge is -2.29. The first-order chi connectivity index (χ1) is 10.2. The van der Waals surface area contributed by atoms with Crippen LogP contribution in [0.3, 0.4) is 0 Å². The maximum absolute atomic E-state index is 12.1. The van der Waals surface area contributed by atoms with E-state index in [1.807, 2.05) is 11.0 Å². The lowest BCUT2D eigenvalue weighted by atomic mass is 9.96. The van der Waals surface area contributed by atoms with Gasteiger partial charge in [-0.25, -0.2) is 0 Å². The fraction of sp³-hybridized carbons (Fsp3) is 0.588. The molecule has 1 aromatic rings. The fourth-order valence-corrected chi connectivity index (χ4v) is 3.21. The average Bonchev–Trinajstić information content (AvgIpc) is 3.27. The normalized spacial score (nSPS) is 24.5. The molecule has 1 saturated carbocycles. The van der Waals surface area contributed by atoms with Crippen LogP contribution in [0.15, 0.2) is 30.3 Å². The van der Waals surface area contributed by atoms with Gasteiger partial charge in [0.05, 0.1) is 12.6 Å². The van der Waals surface area contributed by atoms with Gasteiger partial charge in [0.2, 0.25) is 5.91 Å². The summed E-state index contributed by atoms with van der Waals surface area (Å²) in [7, 11) is 0. The number of carbonyl (C=O) groups is 1. The third kappa shape index (κ3) is 3.63. The van der Waals surface area contributed by atoms with Crippen molar-refractivity contribution in [3.63, 3.8) is 0 Å². The molecule has 0 unspecified atom stereocenters. The molecule has 0 aromatic heterocycles. The highest BCUT2D eigenvalue weighted by Crippen LogP contribution is 2.47. The Bertz CT molecular complexity index is 485. The van der Waals surface area contributed by atoms with Gasteiger partial charge in [-0.15, -0.1) is 0 Å². The van der Waals surface area contributed by atoms with Gasteiger partial charge in [-0.1, -0.05) is 30.3 Å². The largest absolute Gasteiger partial charge is 0.392 e. The molecule has 4 nitrogen and oxygen atoms in total. The molecule has 114 valence electrons. The fourth-order valence-electron chi connectivity index (χ4n) is 3.21. The number of rotatable bonds is 5. The first-order valence-corrected chi connectivity index (χ1v) is 7.91. The van der Waals surface area contributed by atoms with Crippen LogP contribution in [0, 0.1) is 0 Å². The van der Waals surface area contributed by atoms with E-state index in [2.05, 4.69) is 29.6 Å². The molecule has 1 aliphatic heterocycles. The lowest BCUT2D eigenvalue weighted by molar-refractivity contribution is -0.123. The Morgan fingerprint density at radius 1 is 1.33 bits per heavy atom. The molecule has 1 atom stereocenters. The van der Waals surface area contributed by atoms with Crippen molar-refractivity contribution in [1.29, 1.82) is 0 Å². The van der Waals surface area contributed by atoms with E-state index >= 15 is 0 Å². The van der Waals surface area contributed by atoms with Crippen LogP contribution < -0.4 is 5.32 Å². The van der Waals surface area contributed by atoms with E-state index in [4.69, 9.17) is 0 Å². The topological polar surface area (TPSA) is 52.6 Å². The molecule has 1 aromatic carbocycles. The highest BCUT2D eigenvalue weighted by molar-refractivity contribution is 5.78. The molecule has 1 amide bonds. The summed E-state index contributed by atoms with van der Waals surface area (Å²) < 4.78 is 0. The predicted octanol–water partition coefficient (Wildman–Crippen LogP) is 1.29. The van der Waals surface area contributed by atoms with E-state index < -0.39 is 0 Å². The van der Waals surface area contributed by atoms with Crippen LogP contribution in [-0.4, -0.2) is 48.2 Å². The van der Waals surface area contributed by atoms with Crippen molar-refractivity contribution < 1.29 is 9.90 Å². The van der Waals surface area contributed by atoms with Crippen molar-refractivity contribution >= 4 is 5.91 Å². The summed E-state index contributed by atoms with van der Waals surface area (Å²) in [6.07, 6.45) is 3.86. The molecule has 1 saturated heterocycles. The van der Waals surface area contributed by atoms with Gasteiger partial charge in [0, 0.05) is 18.5 Å². The molecule has 0 radical (unpaired) electrons. The van der Waals surface area contributed by atoms with Crippen molar-refractivity contribution in [2.45, 2.75) is 37.2 Å². The molecule has 1 aliphatic carbocycles. The lowest BCUT2D eigenvalue weighted by Crippen LogP contribution is -2.45. The second-order valence-corrected chi connectivity index (χ2v) is 6.45. The minimum atomic E-state index is -0.273. The van der Waals surface area contributed by atoms with Crippen molar-refractivity contribution in [2.75, 3.05) is 26.2 Å². The number of carbonyl (C=O) groups excluding carboxylic acids is 1. The van der Waals surface area contributed by atoms with Gasteiger partial charge in [0.25, 0.3) is 0 Å². The average molecular weight is 288 g/mol. The summed E-state index contributed by atoms with van der Waals surface area (Å²) in [6.45, 7) is 2.67. The van der Waals surface area contributed by atoms with E-state index in [1.54, 1.807) is 0 Å². The zero-order valence-electron chi connectivity index (χ0n) is 12.4. The number of hydrogen-bond donors (Lipinski definition) is 2. The highest BCUT2D eigenvalue weighted by atomic mass is 16.3. The molecular weight excluding hydrogens is 264 g/mol. The van der Waals surface area contributed by atoms with Crippen LogP contribution in [-0.2, 0) is 10.2 Å². The van der Waals surface area contributed by atoms with E-state index in [0.717, 1.165) is 38.8 Å². The number of hydrogen-bond acceptors (Lipinski definition) is 3. The Labute approximate surface area is 126 Å². The third-order valence-electron chi connectivity index (χ3n) is 4.71. The van der Waals surface area contributed by atoms with Gasteiger partial charge in [-0.2, -0.15) is 0 Å². The van der Waals surface area contributed by atoms with Crippen LogP contribution in [0.1, 0.15) is 31.2 Å². The van der Waals surface area contributed by atoms with Crippen LogP contribution in [0.4, 0.5) is 0 Å². The number of β-amino-alcohol motifs (C(OH)–C–C–N with tert-alkyl or cyclic N) is 1. The number of nitrogens with zero attached hydrogens (tertiary/aromatic N) is 1. The van der Waals surface area contributed by atoms with Crippen molar-refractivity contribution in [3.05, 3.63) is 35.9 Å². The number of aliphatic hydroxyl groups excluding tert-OH is 1. The summed E-state index contributed by atoms with van der Waals surface area (Å²) in [4.78, 5) is 14.1. The van der Waals surface area contributed by atoms with Gasteiger partial charge >= 0.3 is 0 Å². The van der Waals surface area contributed by atoms with Crippen LogP contribution >= 0.6 is 0 Å². The minimum Gasteiger partial charge on any atom is -0.392 e. The summed E-state index contributed by atoms with van der Waals surface area (Å²) in [5, 5.41) is 12.7. The predicted molar refractivity (Wildman–Crippen MR) is 82.0 cm³/mol. The second-order valence-electron chi connectivity index (χ2n) is 6.45. The first-order valence-electron chi connectivity index (χ1n) is 7.91. The number of likely N-dealkylation sites (tertiary alicyclic amines) is 1. The molecule has 2 N–H and O–H groups in total. The van der Waals surface area contributed by atoms with Crippen molar-refractivity contribution in [1.82, 2.24) is 10.2 Å². The van der Waals surface area contributed by atoms with E-state index in [1.165, 1.54) is 5.56 Å². The van der Waals surface area contributed by atoms with Crippen molar-refractivity contribution in [3.8, 4) is 0 Å². The number of benzene rings is 1. The second kappa shape index (κ2) is 6.16. The maximum Gasteiger partial charge on any atom is 0.234 e. The molecular formula is C17H24N2O2. The zero-order chi connectivity index (χ0) is 14.7. The van der Waals surface area contributed by atoms with Crippen LogP contribution in [0.5, 0.6) is 0 Å². The molecule has 2 fully saturated rings. The Balaban J connectivity index is 1.48. The molecule has 3 rings (SSSR count). The van der Waals surface area contributed by atoms with Crippen LogP contribution in [0.2, 0.25) is 0 Å². The molecule has 21 heavy (non-hydrogen) atoms. The summed E-state index contributed by atoms with van der Waals surface area (Å²) in [6, 6.07) is 10.5. The third-order valence-corrected chi connectivity index (χ3v) is 4.71. The zero-order valence-corrected chi connectivity index (χ0v) is 12.4. The summed E-state index contributed by atoms with van der Waals surface area (Å²) in [5.74, 6) is 0.0753. The Hall–Kier alpha value is -1.39. The van der Waals surface area contributed by atoms with E-state index in [9.17, 15) is 9.90 Å². The molecule has 0 bridgehead atoms. The Morgan fingerprint density at radius 2 is 2.10 bits per heavy atom. The monoisotopic (exact) mass is 288 g/mol.